The first-order chi connectivity index (χ1) is 20.6. The molecule has 11 unspecified atom stereocenters. The van der Waals surface area contributed by atoms with Gasteiger partial charge in [-0.25, -0.2) is 0 Å². The standard InChI is InChI=1S/C33H53NO10/c1-9-25(40-8)22(5)31-32(44-31)30(43-28(38)18-34)20(3)12-10-11-19(2)29-21(4)13-14-26(41-23(6)35)33(7,39)16-15-24(36)17-27(37)42-29/h10-14,20-22,24-26,29-32,36,39H,9,15-18,34H2,1-8H3/b12-10+,14-13+,19-11+. The summed E-state index contributed by atoms with van der Waals surface area (Å²) in [5.41, 5.74) is 4.80. The SMILES string of the molecule is CCC(OC)C(C)C1OC1C(OC(=O)CN)C(C)/C=C/C=C(\C)C1OC(=O)CC(O)CCC(C)(O)C(OC(C)=O)/C=C/C1C. The molecule has 0 aromatic carbocycles. The van der Waals surface area contributed by atoms with Crippen molar-refractivity contribution in [3.63, 3.8) is 0 Å². The van der Waals surface area contributed by atoms with Gasteiger partial charge in [0, 0.05) is 31.8 Å². The largest absolute Gasteiger partial charge is 0.458 e. The molecule has 0 amide bonds. The van der Waals surface area contributed by atoms with Crippen molar-refractivity contribution in [3.05, 3.63) is 36.0 Å². The van der Waals surface area contributed by atoms with Crippen LogP contribution in [0.5, 0.6) is 0 Å². The lowest BCUT2D eigenvalue weighted by molar-refractivity contribution is -0.157. The molecule has 1 fully saturated rings. The number of carbonyl (C=O) groups is 3. The molecule has 2 heterocycles. The van der Waals surface area contributed by atoms with Crippen molar-refractivity contribution < 1.29 is 48.3 Å². The molecule has 250 valence electrons. The molecule has 0 saturated carbocycles. The van der Waals surface area contributed by atoms with Crippen LogP contribution in [0.25, 0.3) is 0 Å². The maximum absolute atomic E-state index is 12.7. The zero-order chi connectivity index (χ0) is 33.2. The summed E-state index contributed by atoms with van der Waals surface area (Å²) in [5.74, 6) is -2.10. The minimum atomic E-state index is -1.45. The Hall–Kier alpha value is -2.57. The van der Waals surface area contributed by atoms with Gasteiger partial charge in [-0.1, -0.05) is 52.0 Å². The van der Waals surface area contributed by atoms with Gasteiger partial charge in [0.2, 0.25) is 0 Å². The van der Waals surface area contributed by atoms with E-state index in [2.05, 4.69) is 6.92 Å². The van der Waals surface area contributed by atoms with Crippen molar-refractivity contribution in [3.8, 4) is 0 Å². The molecule has 0 aromatic rings. The maximum atomic E-state index is 12.7. The average molecular weight is 624 g/mol. The number of allylic oxidation sites excluding steroid dienone is 2. The topological polar surface area (TPSA) is 167 Å². The van der Waals surface area contributed by atoms with Crippen LogP contribution in [0.1, 0.15) is 74.1 Å². The number of esters is 3. The Kier molecular flexibility index (Phi) is 14.7. The molecular weight excluding hydrogens is 570 g/mol. The van der Waals surface area contributed by atoms with E-state index in [1.807, 2.05) is 45.9 Å². The highest BCUT2D eigenvalue weighted by Gasteiger charge is 2.52. The number of aliphatic hydroxyl groups excluding tert-OH is 1. The fraction of sp³-hybridized carbons (Fsp3) is 0.727. The summed E-state index contributed by atoms with van der Waals surface area (Å²) in [7, 11) is 1.67. The Balaban J connectivity index is 2.28. The number of epoxide rings is 1. The molecule has 4 N–H and O–H groups in total. The average Bonchev–Trinajstić information content (AvgIpc) is 3.75. The molecule has 11 nitrogen and oxygen atoms in total. The second kappa shape index (κ2) is 17.2. The van der Waals surface area contributed by atoms with Crippen LogP contribution < -0.4 is 5.73 Å². The number of ether oxygens (including phenoxy) is 5. The summed E-state index contributed by atoms with van der Waals surface area (Å²) >= 11 is 0. The molecule has 2 aliphatic heterocycles. The molecule has 44 heavy (non-hydrogen) atoms. The van der Waals surface area contributed by atoms with Crippen LogP contribution in [0.4, 0.5) is 0 Å². The molecule has 0 radical (unpaired) electrons. The molecule has 11 heteroatoms. The maximum Gasteiger partial charge on any atom is 0.320 e. The number of methoxy groups -OCH3 is 1. The Labute approximate surface area is 261 Å². The van der Waals surface area contributed by atoms with E-state index in [1.54, 1.807) is 19.3 Å². The fourth-order valence-corrected chi connectivity index (χ4v) is 5.68. The van der Waals surface area contributed by atoms with Gasteiger partial charge in [0.1, 0.15) is 30.0 Å². The van der Waals surface area contributed by atoms with Gasteiger partial charge in [-0.05, 0) is 44.8 Å². The van der Waals surface area contributed by atoms with E-state index in [4.69, 9.17) is 29.4 Å². The van der Waals surface area contributed by atoms with E-state index in [1.165, 1.54) is 13.8 Å². The van der Waals surface area contributed by atoms with Crippen LogP contribution in [-0.4, -0.2) is 90.1 Å². The summed E-state index contributed by atoms with van der Waals surface area (Å²) in [6, 6.07) is 0. The lowest BCUT2D eigenvalue weighted by Gasteiger charge is -2.32. The van der Waals surface area contributed by atoms with Gasteiger partial charge in [0.25, 0.3) is 0 Å². The number of aliphatic hydroxyl groups is 2. The minimum absolute atomic E-state index is 0.0218. The van der Waals surface area contributed by atoms with Crippen LogP contribution in [-0.2, 0) is 38.1 Å². The number of cyclic esters (lactones) is 1. The Bertz CT molecular complexity index is 1050. The van der Waals surface area contributed by atoms with Crippen LogP contribution in [0.3, 0.4) is 0 Å². The molecule has 0 aliphatic carbocycles. The van der Waals surface area contributed by atoms with Crippen LogP contribution in [0.2, 0.25) is 0 Å². The zero-order valence-corrected chi connectivity index (χ0v) is 27.4. The predicted octanol–water partition coefficient (Wildman–Crippen LogP) is 3.16. The quantitative estimate of drug-likeness (QED) is 0.0960. The molecule has 0 bridgehead atoms. The van der Waals surface area contributed by atoms with Gasteiger partial charge in [0.15, 0.2) is 0 Å². The Morgan fingerprint density at radius 1 is 1.23 bits per heavy atom. The van der Waals surface area contributed by atoms with Gasteiger partial charge < -0.3 is 39.6 Å². The van der Waals surface area contributed by atoms with Crippen molar-refractivity contribution in [2.75, 3.05) is 13.7 Å². The van der Waals surface area contributed by atoms with Gasteiger partial charge in [-0.3, -0.25) is 14.4 Å². The summed E-state index contributed by atoms with van der Waals surface area (Å²) in [6.45, 7) is 12.3. The number of carbonyl (C=O) groups excluding carboxylic acids is 3. The number of hydrogen-bond donors (Lipinski definition) is 3. The van der Waals surface area contributed by atoms with Crippen molar-refractivity contribution in [2.24, 2.45) is 23.5 Å². The van der Waals surface area contributed by atoms with E-state index < -0.39 is 47.9 Å². The highest BCUT2D eigenvalue weighted by molar-refractivity contribution is 5.71. The van der Waals surface area contributed by atoms with Crippen LogP contribution in [0.15, 0.2) is 36.0 Å². The summed E-state index contributed by atoms with van der Waals surface area (Å²) in [5, 5.41) is 21.4. The lowest BCUT2D eigenvalue weighted by atomic mass is 9.88. The third kappa shape index (κ3) is 11.1. The molecule has 0 spiro atoms. The molecule has 0 aromatic heterocycles. The highest BCUT2D eigenvalue weighted by atomic mass is 16.6. The second-order valence-electron chi connectivity index (χ2n) is 12.4. The minimum Gasteiger partial charge on any atom is -0.458 e. The first-order valence-electron chi connectivity index (χ1n) is 15.5. The highest BCUT2D eigenvalue weighted by Crippen LogP contribution is 2.39. The van der Waals surface area contributed by atoms with Gasteiger partial charge in [-0.15, -0.1) is 0 Å². The van der Waals surface area contributed by atoms with E-state index >= 15 is 0 Å². The lowest BCUT2D eigenvalue weighted by Crippen LogP contribution is -2.42. The van der Waals surface area contributed by atoms with Gasteiger partial charge >= 0.3 is 17.9 Å². The first-order valence-corrected chi connectivity index (χ1v) is 15.5. The van der Waals surface area contributed by atoms with E-state index in [9.17, 15) is 24.6 Å². The first kappa shape index (κ1) is 37.6. The van der Waals surface area contributed by atoms with E-state index in [0.29, 0.717) is 0 Å². The Morgan fingerprint density at radius 2 is 1.91 bits per heavy atom. The number of nitrogens with two attached hydrogens (primary N) is 1. The second-order valence-corrected chi connectivity index (χ2v) is 12.4. The number of rotatable bonds is 12. The normalized spacial score (nSPS) is 33.6. The van der Waals surface area contributed by atoms with Crippen LogP contribution >= 0.6 is 0 Å². The fourth-order valence-electron chi connectivity index (χ4n) is 5.68. The summed E-state index contributed by atoms with van der Waals surface area (Å²) < 4.78 is 28.4. The third-order valence-corrected chi connectivity index (χ3v) is 8.49. The monoisotopic (exact) mass is 623 g/mol. The van der Waals surface area contributed by atoms with Crippen molar-refractivity contribution >= 4 is 17.9 Å². The van der Waals surface area contributed by atoms with Crippen molar-refractivity contribution in [2.45, 2.75) is 122 Å². The summed E-state index contributed by atoms with van der Waals surface area (Å²) in [4.78, 5) is 36.6. The van der Waals surface area contributed by atoms with E-state index in [-0.39, 0.29) is 61.9 Å². The van der Waals surface area contributed by atoms with Crippen LogP contribution in [0, 0.1) is 17.8 Å². The van der Waals surface area contributed by atoms with E-state index in [0.717, 1.165) is 12.0 Å². The molecule has 1 saturated heterocycles. The van der Waals surface area contributed by atoms with Gasteiger partial charge in [0.05, 0.1) is 31.3 Å². The van der Waals surface area contributed by atoms with Gasteiger partial charge in [-0.2, -0.15) is 0 Å². The smallest absolute Gasteiger partial charge is 0.320 e. The summed E-state index contributed by atoms with van der Waals surface area (Å²) in [6.07, 6.45) is 6.09. The molecule has 2 rings (SSSR count). The number of hydrogen-bond acceptors (Lipinski definition) is 11. The Morgan fingerprint density at radius 3 is 2.50 bits per heavy atom. The molecule has 2 aliphatic rings. The van der Waals surface area contributed by atoms with Crippen molar-refractivity contribution in [1.29, 1.82) is 0 Å². The molecule has 11 atom stereocenters. The van der Waals surface area contributed by atoms with Crippen molar-refractivity contribution in [1.82, 2.24) is 0 Å². The predicted molar refractivity (Wildman–Crippen MR) is 164 cm³/mol. The zero-order valence-electron chi connectivity index (χ0n) is 27.4. The third-order valence-electron chi connectivity index (χ3n) is 8.49. The molecular formula is C33H53NO10.